The maximum atomic E-state index is 13.5. The van der Waals surface area contributed by atoms with Gasteiger partial charge in [0.15, 0.2) is 11.5 Å². The number of carbonyl (C=O) groups is 2. The van der Waals surface area contributed by atoms with Gasteiger partial charge in [-0.15, -0.1) is 0 Å². The van der Waals surface area contributed by atoms with Gasteiger partial charge >= 0.3 is 0 Å². The average molecular weight is 465 g/mol. The lowest BCUT2D eigenvalue weighted by molar-refractivity contribution is -0.141. The van der Waals surface area contributed by atoms with Crippen LogP contribution in [-0.4, -0.2) is 42.0 Å². The molecule has 1 saturated carbocycles. The summed E-state index contributed by atoms with van der Waals surface area (Å²) in [6.45, 7) is 3.50. The second kappa shape index (κ2) is 11.9. The predicted octanol–water partition coefficient (Wildman–Crippen LogP) is 4.65. The standard InChI is InChI=1S/C28H36N2O4/c1-2-24(28(32)29-23-11-7-4-8-12-23)30(20-22-9-5-3-6-10-22)27(31)16-14-21-13-15-25-26(19-21)34-18-17-33-25/h3,5-6,9-10,13,15,19,23-24H,2,4,7-8,11-12,14,16-18,20H2,1H3,(H,29,32). The Kier molecular flexibility index (Phi) is 8.45. The summed E-state index contributed by atoms with van der Waals surface area (Å²) in [6, 6.07) is 15.5. The zero-order chi connectivity index (χ0) is 23.8. The van der Waals surface area contributed by atoms with Crippen molar-refractivity contribution in [3.05, 3.63) is 59.7 Å². The van der Waals surface area contributed by atoms with Crippen LogP contribution in [0.5, 0.6) is 11.5 Å². The van der Waals surface area contributed by atoms with Gasteiger partial charge in [0.2, 0.25) is 11.8 Å². The molecule has 4 rings (SSSR count). The molecule has 1 unspecified atom stereocenters. The lowest BCUT2D eigenvalue weighted by Crippen LogP contribution is -2.51. The molecule has 0 saturated heterocycles. The minimum atomic E-state index is -0.477. The van der Waals surface area contributed by atoms with E-state index >= 15 is 0 Å². The molecular weight excluding hydrogens is 428 g/mol. The van der Waals surface area contributed by atoms with E-state index in [0.29, 0.717) is 39.0 Å². The zero-order valence-corrected chi connectivity index (χ0v) is 20.1. The van der Waals surface area contributed by atoms with E-state index < -0.39 is 6.04 Å². The predicted molar refractivity (Wildman–Crippen MR) is 132 cm³/mol. The third-order valence-corrected chi connectivity index (χ3v) is 6.77. The number of carbonyl (C=O) groups excluding carboxylic acids is 2. The van der Waals surface area contributed by atoms with E-state index in [4.69, 9.17) is 9.47 Å². The zero-order valence-electron chi connectivity index (χ0n) is 20.1. The normalized spacial score (nSPS) is 16.5. The van der Waals surface area contributed by atoms with E-state index in [1.165, 1.54) is 6.42 Å². The van der Waals surface area contributed by atoms with Gasteiger partial charge in [0, 0.05) is 19.0 Å². The number of fused-ring (bicyclic) bond motifs is 1. The first-order valence-corrected chi connectivity index (χ1v) is 12.7. The van der Waals surface area contributed by atoms with E-state index in [9.17, 15) is 9.59 Å². The molecule has 0 radical (unpaired) electrons. The third kappa shape index (κ3) is 6.31. The second-order valence-electron chi connectivity index (χ2n) is 9.25. The Balaban J connectivity index is 1.46. The molecule has 34 heavy (non-hydrogen) atoms. The molecule has 0 bridgehead atoms. The molecule has 1 fully saturated rings. The maximum absolute atomic E-state index is 13.5. The van der Waals surface area contributed by atoms with Crippen LogP contribution in [0.1, 0.15) is 63.0 Å². The van der Waals surface area contributed by atoms with Gasteiger partial charge in [-0.05, 0) is 48.9 Å². The van der Waals surface area contributed by atoms with Crippen molar-refractivity contribution in [2.45, 2.75) is 76.9 Å². The average Bonchev–Trinajstić information content (AvgIpc) is 2.88. The van der Waals surface area contributed by atoms with Crippen molar-refractivity contribution in [3.63, 3.8) is 0 Å². The lowest BCUT2D eigenvalue weighted by Gasteiger charge is -2.33. The first-order chi connectivity index (χ1) is 16.6. The minimum Gasteiger partial charge on any atom is -0.486 e. The van der Waals surface area contributed by atoms with Crippen molar-refractivity contribution in [3.8, 4) is 11.5 Å². The Morgan fingerprint density at radius 2 is 1.71 bits per heavy atom. The van der Waals surface area contributed by atoms with Crippen LogP contribution in [0.15, 0.2) is 48.5 Å². The van der Waals surface area contributed by atoms with Crippen molar-refractivity contribution < 1.29 is 19.1 Å². The van der Waals surface area contributed by atoms with E-state index in [1.807, 2.05) is 55.5 Å². The minimum absolute atomic E-state index is 0.00983. The Bertz CT molecular complexity index is 956. The molecule has 1 aliphatic heterocycles. The molecule has 6 nitrogen and oxygen atoms in total. The van der Waals surface area contributed by atoms with Gasteiger partial charge in [0.05, 0.1) is 0 Å². The molecule has 1 heterocycles. The summed E-state index contributed by atoms with van der Waals surface area (Å²) >= 11 is 0. The van der Waals surface area contributed by atoms with Crippen LogP contribution in [0.3, 0.4) is 0 Å². The van der Waals surface area contributed by atoms with Gasteiger partial charge in [0.1, 0.15) is 19.3 Å². The number of rotatable bonds is 9. The molecule has 2 amide bonds. The molecule has 1 aliphatic carbocycles. The highest BCUT2D eigenvalue weighted by molar-refractivity contribution is 5.88. The maximum Gasteiger partial charge on any atom is 0.243 e. The Hall–Kier alpha value is -3.02. The smallest absolute Gasteiger partial charge is 0.243 e. The highest BCUT2D eigenvalue weighted by Crippen LogP contribution is 2.31. The van der Waals surface area contributed by atoms with Crippen molar-refractivity contribution in [2.75, 3.05) is 13.2 Å². The number of nitrogens with one attached hydrogen (secondary N) is 1. The summed E-state index contributed by atoms with van der Waals surface area (Å²) < 4.78 is 11.3. The van der Waals surface area contributed by atoms with E-state index in [-0.39, 0.29) is 17.9 Å². The molecular formula is C28H36N2O4. The van der Waals surface area contributed by atoms with Crippen LogP contribution in [0, 0.1) is 0 Å². The van der Waals surface area contributed by atoms with Gasteiger partial charge < -0.3 is 19.7 Å². The summed E-state index contributed by atoms with van der Waals surface area (Å²) in [4.78, 5) is 28.5. The topological polar surface area (TPSA) is 67.9 Å². The Morgan fingerprint density at radius 3 is 2.44 bits per heavy atom. The van der Waals surface area contributed by atoms with Crippen LogP contribution in [0.4, 0.5) is 0 Å². The van der Waals surface area contributed by atoms with E-state index in [1.54, 1.807) is 4.90 Å². The van der Waals surface area contributed by atoms with Gasteiger partial charge in [-0.3, -0.25) is 9.59 Å². The number of hydrogen-bond donors (Lipinski definition) is 1. The van der Waals surface area contributed by atoms with E-state index in [0.717, 1.165) is 48.3 Å². The van der Waals surface area contributed by atoms with Gasteiger partial charge in [-0.2, -0.15) is 0 Å². The van der Waals surface area contributed by atoms with Crippen LogP contribution in [0.2, 0.25) is 0 Å². The molecule has 2 aromatic rings. The summed E-state index contributed by atoms with van der Waals surface area (Å²) in [5, 5.41) is 3.24. The fourth-order valence-electron chi connectivity index (χ4n) is 4.88. The largest absolute Gasteiger partial charge is 0.486 e. The van der Waals surface area contributed by atoms with Crippen molar-refractivity contribution in [2.24, 2.45) is 0 Å². The molecule has 6 heteroatoms. The highest BCUT2D eigenvalue weighted by Gasteiger charge is 2.30. The fourth-order valence-corrected chi connectivity index (χ4v) is 4.88. The number of hydrogen-bond acceptors (Lipinski definition) is 4. The van der Waals surface area contributed by atoms with Crippen molar-refractivity contribution >= 4 is 11.8 Å². The van der Waals surface area contributed by atoms with Crippen LogP contribution < -0.4 is 14.8 Å². The third-order valence-electron chi connectivity index (χ3n) is 6.77. The molecule has 2 aliphatic rings. The van der Waals surface area contributed by atoms with Crippen LogP contribution >= 0.6 is 0 Å². The first kappa shape index (κ1) is 24.1. The van der Waals surface area contributed by atoms with Crippen LogP contribution in [0.25, 0.3) is 0 Å². The van der Waals surface area contributed by atoms with Crippen LogP contribution in [-0.2, 0) is 22.6 Å². The summed E-state index contributed by atoms with van der Waals surface area (Å²) in [5.41, 5.74) is 2.05. The van der Waals surface area contributed by atoms with Gasteiger partial charge in [-0.1, -0.05) is 62.6 Å². The molecule has 182 valence electrons. The van der Waals surface area contributed by atoms with Crippen molar-refractivity contribution in [1.82, 2.24) is 10.2 Å². The monoisotopic (exact) mass is 464 g/mol. The van der Waals surface area contributed by atoms with Gasteiger partial charge in [-0.25, -0.2) is 0 Å². The highest BCUT2D eigenvalue weighted by atomic mass is 16.6. The number of aryl methyl sites for hydroxylation is 1. The molecule has 0 spiro atoms. The number of amides is 2. The number of benzene rings is 2. The first-order valence-electron chi connectivity index (χ1n) is 12.7. The fraction of sp³-hybridized carbons (Fsp3) is 0.500. The molecule has 1 N–H and O–H groups in total. The summed E-state index contributed by atoms with van der Waals surface area (Å²) in [6.07, 6.45) is 7.11. The molecule has 0 aromatic heterocycles. The summed E-state index contributed by atoms with van der Waals surface area (Å²) in [5.74, 6) is 1.44. The van der Waals surface area contributed by atoms with E-state index in [2.05, 4.69) is 5.32 Å². The quantitative estimate of drug-likeness (QED) is 0.587. The van der Waals surface area contributed by atoms with Crippen molar-refractivity contribution in [1.29, 1.82) is 0 Å². The SMILES string of the molecule is CCC(C(=O)NC1CCCCC1)N(Cc1ccccc1)C(=O)CCc1ccc2c(c1)OCCO2. The number of ether oxygens (including phenoxy) is 2. The molecule has 2 aromatic carbocycles. The second-order valence-corrected chi connectivity index (χ2v) is 9.25. The Morgan fingerprint density at radius 1 is 0.971 bits per heavy atom. The molecule has 1 atom stereocenters. The summed E-state index contributed by atoms with van der Waals surface area (Å²) in [7, 11) is 0. The number of nitrogens with zero attached hydrogens (tertiary/aromatic N) is 1. The van der Waals surface area contributed by atoms with Gasteiger partial charge in [0.25, 0.3) is 0 Å². The lowest BCUT2D eigenvalue weighted by atomic mass is 9.95. The Labute approximate surface area is 202 Å².